The van der Waals surface area contributed by atoms with E-state index >= 15 is 0 Å². The first kappa shape index (κ1) is 30.8. The van der Waals surface area contributed by atoms with Crippen molar-refractivity contribution >= 4 is 29.2 Å². The van der Waals surface area contributed by atoms with Crippen molar-refractivity contribution in [1.82, 2.24) is 24.6 Å². The van der Waals surface area contributed by atoms with E-state index in [1.54, 1.807) is 6.08 Å². The van der Waals surface area contributed by atoms with Gasteiger partial charge in [0.1, 0.15) is 5.82 Å². The first-order valence-corrected chi connectivity index (χ1v) is 11.9. The lowest BCUT2D eigenvalue weighted by atomic mass is 10.2. The number of unbranched alkanes of at least 4 members (excludes halogenated alkanes) is 1. The van der Waals surface area contributed by atoms with E-state index in [1.807, 2.05) is 18.2 Å². The number of carbonyl (C=O) groups is 1. The molecule has 0 aliphatic heterocycles. The minimum Gasteiger partial charge on any atom is -0.475 e. The van der Waals surface area contributed by atoms with Crippen molar-refractivity contribution in [3.8, 4) is 0 Å². The Kier molecular flexibility index (Phi) is 10.9. The molecule has 0 fully saturated rings. The molecule has 1 N–H and O–H groups in total. The van der Waals surface area contributed by atoms with Crippen LogP contribution in [0.5, 0.6) is 0 Å². The number of carboxylic acid groups (broad SMARTS) is 1. The van der Waals surface area contributed by atoms with E-state index in [-0.39, 0.29) is 5.82 Å². The highest BCUT2D eigenvalue weighted by Crippen LogP contribution is 2.27. The Morgan fingerprint density at radius 1 is 1.08 bits per heavy atom. The van der Waals surface area contributed by atoms with Gasteiger partial charge in [-0.25, -0.2) is 9.78 Å². The van der Waals surface area contributed by atoms with Crippen LogP contribution in [-0.4, -0.2) is 61.5 Å². The molecule has 0 bridgehead atoms. The zero-order valence-corrected chi connectivity index (χ0v) is 21.1. The molecule has 0 aliphatic carbocycles. The van der Waals surface area contributed by atoms with Gasteiger partial charge in [-0.1, -0.05) is 44.5 Å². The molecule has 14 heteroatoms. The Labute approximate surface area is 214 Å². The lowest BCUT2D eigenvalue weighted by Gasteiger charge is -2.19. The molecule has 0 radical (unpaired) electrons. The number of hydrogen-bond acceptors (Lipinski definition) is 6. The number of aliphatic carboxylic acids is 1. The summed E-state index contributed by atoms with van der Waals surface area (Å²) in [5.74, 6) is -3.17. The maximum absolute atomic E-state index is 12.6. The first-order chi connectivity index (χ1) is 17.8. The number of halogens is 6. The summed E-state index contributed by atoms with van der Waals surface area (Å²) in [5.41, 5.74) is 2.74. The molecule has 210 valence electrons. The van der Waals surface area contributed by atoms with Gasteiger partial charge in [0.05, 0.1) is 11.0 Å². The number of fused-ring (bicyclic) bond motifs is 1. The zero-order valence-electron chi connectivity index (χ0n) is 21.1. The Hall–Kier alpha value is -3.42. The normalized spacial score (nSPS) is 12.4. The second-order valence-corrected chi connectivity index (χ2v) is 8.15. The molecule has 0 saturated carbocycles. The van der Waals surface area contributed by atoms with Gasteiger partial charge in [0.15, 0.2) is 5.82 Å². The fourth-order valence-corrected chi connectivity index (χ4v) is 3.45. The SMILES string of the molecule is CCCCc1nc2cc(/C=C/c3noc(C(F)(F)F)n3)ccc2n1CCN(CC)CC.O=C(O)C(F)(F)F. The topological polar surface area (TPSA) is 97.3 Å². The number of aryl methyl sites for hydroxylation is 1. The summed E-state index contributed by atoms with van der Waals surface area (Å²) < 4.78 is 76.0. The van der Waals surface area contributed by atoms with Crippen LogP contribution >= 0.6 is 0 Å². The van der Waals surface area contributed by atoms with E-state index in [4.69, 9.17) is 14.9 Å². The quantitative estimate of drug-likeness (QED) is 0.313. The third-order valence-electron chi connectivity index (χ3n) is 5.49. The molecular formula is C24H29F6N5O3. The number of aromatic nitrogens is 4. The molecule has 8 nitrogen and oxygen atoms in total. The third kappa shape index (κ3) is 8.85. The highest BCUT2D eigenvalue weighted by molar-refractivity contribution is 5.81. The van der Waals surface area contributed by atoms with E-state index in [9.17, 15) is 26.3 Å². The number of benzene rings is 1. The van der Waals surface area contributed by atoms with Crippen LogP contribution in [0.4, 0.5) is 26.3 Å². The zero-order chi connectivity index (χ0) is 28.5. The Morgan fingerprint density at radius 2 is 1.74 bits per heavy atom. The maximum atomic E-state index is 12.6. The molecular weight excluding hydrogens is 520 g/mol. The average Bonchev–Trinajstić information content (AvgIpc) is 3.46. The minimum absolute atomic E-state index is 0.124. The van der Waals surface area contributed by atoms with Crippen LogP contribution in [0.1, 0.15) is 56.7 Å². The van der Waals surface area contributed by atoms with Crippen molar-refractivity contribution in [2.75, 3.05) is 19.6 Å². The van der Waals surface area contributed by atoms with Gasteiger partial charge in [0, 0.05) is 19.5 Å². The van der Waals surface area contributed by atoms with E-state index < -0.39 is 24.2 Å². The van der Waals surface area contributed by atoms with Crippen LogP contribution in [0.15, 0.2) is 22.7 Å². The van der Waals surface area contributed by atoms with Crippen molar-refractivity contribution in [2.24, 2.45) is 0 Å². The highest BCUT2D eigenvalue weighted by Gasteiger charge is 2.38. The molecule has 0 aliphatic rings. The minimum atomic E-state index is -5.08. The number of imidazole rings is 1. The summed E-state index contributed by atoms with van der Waals surface area (Å²) in [6, 6.07) is 5.86. The highest BCUT2D eigenvalue weighted by atomic mass is 19.4. The predicted molar refractivity (Wildman–Crippen MR) is 128 cm³/mol. The predicted octanol–water partition coefficient (Wildman–Crippen LogP) is 5.93. The van der Waals surface area contributed by atoms with Gasteiger partial charge in [0.25, 0.3) is 0 Å². The molecule has 2 heterocycles. The summed E-state index contributed by atoms with van der Waals surface area (Å²) in [6.07, 6.45) is -3.60. The number of rotatable bonds is 10. The van der Waals surface area contributed by atoms with Gasteiger partial charge in [0.2, 0.25) is 0 Å². The van der Waals surface area contributed by atoms with Crippen molar-refractivity contribution in [3.05, 3.63) is 41.3 Å². The summed E-state index contributed by atoms with van der Waals surface area (Å²) in [5, 5.41) is 10.5. The summed E-state index contributed by atoms with van der Waals surface area (Å²) in [4.78, 5) is 19.5. The van der Waals surface area contributed by atoms with Crippen LogP contribution in [-0.2, 0) is 23.9 Å². The number of alkyl halides is 6. The fraction of sp³-hybridized carbons (Fsp3) is 0.500. The van der Waals surface area contributed by atoms with Crippen molar-refractivity contribution < 1.29 is 40.8 Å². The van der Waals surface area contributed by atoms with E-state index in [0.717, 1.165) is 67.9 Å². The van der Waals surface area contributed by atoms with Gasteiger partial charge < -0.3 is 19.1 Å². The Balaban J connectivity index is 0.000000638. The van der Waals surface area contributed by atoms with Crippen LogP contribution < -0.4 is 0 Å². The van der Waals surface area contributed by atoms with Gasteiger partial charge in [-0.15, -0.1) is 0 Å². The van der Waals surface area contributed by atoms with Gasteiger partial charge in [-0.05, 0) is 43.3 Å². The van der Waals surface area contributed by atoms with Crippen molar-refractivity contribution in [1.29, 1.82) is 0 Å². The molecule has 1 aromatic carbocycles. The fourth-order valence-electron chi connectivity index (χ4n) is 3.45. The standard InChI is InChI=1S/C22H28F3N5O.C2HF3O2/c1-4-7-8-20-26-17-15-16(10-12-19-27-21(31-28-19)22(23,24)25)9-11-18(17)30(20)14-13-29(5-2)6-3;3-2(4,5)1(6)7/h9-12,15H,4-8,13-14H2,1-3H3;(H,6,7)/b12-10+;. The molecule has 0 amide bonds. The maximum Gasteiger partial charge on any atom is 0.490 e. The second-order valence-electron chi connectivity index (χ2n) is 8.15. The molecule has 3 rings (SSSR count). The van der Waals surface area contributed by atoms with Gasteiger partial charge in [-0.3, -0.25) is 0 Å². The molecule has 0 atom stereocenters. The lowest BCUT2D eigenvalue weighted by Crippen LogP contribution is -2.27. The number of nitrogens with zero attached hydrogens (tertiary/aromatic N) is 5. The number of hydrogen-bond donors (Lipinski definition) is 1. The van der Waals surface area contributed by atoms with Crippen molar-refractivity contribution in [3.63, 3.8) is 0 Å². The van der Waals surface area contributed by atoms with Crippen LogP contribution in [0.2, 0.25) is 0 Å². The molecule has 0 saturated heterocycles. The summed E-state index contributed by atoms with van der Waals surface area (Å²) in [6.45, 7) is 10.3. The van der Waals surface area contributed by atoms with Crippen molar-refractivity contribution in [2.45, 2.75) is 58.9 Å². The Morgan fingerprint density at radius 3 is 2.26 bits per heavy atom. The van der Waals surface area contributed by atoms with E-state index in [1.165, 1.54) is 6.08 Å². The molecule has 0 spiro atoms. The third-order valence-corrected chi connectivity index (χ3v) is 5.49. The Bertz CT molecular complexity index is 1210. The lowest BCUT2D eigenvalue weighted by molar-refractivity contribution is -0.192. The van der Waals surface area contributed by atoms with Crippen LogP contribution in [0.3, 0.4) is 0 Å². The van der Waals surface area contributed by atoms with E-state index in [2.05, 4.69) is 44.9 Å². The smallest absolute Gasteiger partial charge is 0.475 e. The van der Waals surface area contributed by atoms with Gasteiger partial charge in [-0.2, -0.15) is 31.3 Å². The largest absolute Gasteiger partial charge is 0.490 e. The first-order valence-electron chi connectivity index (χ1n) is 11.9. The van der Waals surface area contributed by atoms with Crippen LogP contribution in [0.25, 0.3) is 23.2 Å². The molecule has 3 aromatic rings. The van der Waals surface area contributed by atoms with Crippen LogP contribution in [0, 0.1) is 0 Å². The number of carboxylic acids is 1. The van der Waals surface area contributed by atoms with E-state index in [0.29, 0.717) is 0 Å². The second kappa shape index (κ2) is 13.4. The summed E-state index contributed by atoms with van der Waals surface area (Å²) >= 11 is 0. The molecule has 2 aromatic heterocycles. The van der Waals surface area contributed by atoms with Gasteiger partial charge >= 0.3 is 24.2 Å². The number of likely N-dealkylation sites (N-methyl/N-ethyl adjacent to an activating group) is 1. The summed E-state index contributed by atoms with van der Waals surface area (Å²) in [7, 11) is 0. The molecule has 0 unspecified atom stereocenters. The molecule has 38 heavy (non-hydrogen) atoms. The average molecular weight is 550 g/mol. The monoisotopic (exact) mass is 549 g/mol.